The Hall–Kier alpha value is -3.61. The summed E-state index contributed by atoms with van der Waals surface area (Å²) >= 11 is 0. The minimum atomic E-state index is -0.814. The third kappa shape index (κ3) is 6.18. The van der Waals surface area contributed by atoms with Gasteiger partial charge in [-0.2, -0.15) is 0 Å². The average Bonchev–Trinajstić information content (AvgIpc) is 2.75. The zero-order chi connectivity index (χ0) is 22.4. The van der Waals surface area contributed by atoms with E-state index in [4.69, 9.17) is 19.3 Å². The number of carboxylic acids is 1. The SMILES string of the molecule is C=C(C)Oc1ccc(OC(=O)c2ccc(OC(=O)C3CCC(C(=O)O)CC3)cc2)cc1. The monoisotopic (exact) mass is 424 g/mol. The molecule has 2 aromatic rings. The molecule has 162 valence electrons. The highest BCUT2D eigenvalue weighted by Crippen LogP contribution is 2.30. The number of carbonyl (C=O) groups is 3. The maximum absolute atomic E-state index is 12.3. The molecule has 0 unspecified atom stereocenters. The molecule has 7 nitrogen and oxygen atoms in total. The van der Waals surface area contributed by atoms with Gasteiger partial charge in [-0.3, -0.25) is 9.59 Å². The zero-order valence-corrected chi connectivity index (χ0v) is 17.2. The number of rotatable bonds is 7. The van der Waals surface area contributed by atoms with E-state index in [1.54, 1.807) is 31.2 Å². The fraction of sp³-hybridized carbons (Fsp3) is 0.292. The molecule has 0 aromatic heterocycles. The molecule has 0 bridgehead atoms. The molecule has 1 aliphatic carbocycles. The molecule has 0 aliphatic heterocycles. The van der Waals surface area contributed by atoms with Gasteiger partial charge in [0.2, 0.25) is 0 Å². The van der Waals surface area contributed by atoms with Gasteiger partial charge in [0.25, 0.3) is 0 Å². The number of carboxylic acid groups (broad SMARTS) is 1. The van der Waals surface area contributed by atoms with Crippen LogP contribution < -0.4 is 14.2 Å². The van der Waals surface area contributed by atoms with E-state index >= 15 is 0 Å². The van der Waals surface area contributed by atoms with Gasteiger partial charge >= 0.3 is 17.9 Å². The van der Waals surface area contributed by atoms with Crippen LogP contribution in [-0.2, 0) is 9.59 Å². The highest BCUT2D eigenvalue weighted by molar-refractivity contribution is 5.91. The summed E-state index contributed by atoms with van der Waals surface area (Å²) in [5.74, 6) is -0.593. The van der Waals surface area contributed by atoms with Gasteiger partial charge in [0.1, 0.15) is 17.2 Å². The summed E-state index contributed by atoms with van der Waals surface area (Å²) in [5.41, 5.74) is 0.309. The Morgan fingerprint density at radius 3 is 1.74 bits per heavy atom. The Morgan fingerprint density at radius 1 is 0.774 bits per heavy atom. The maximum Gasteiger partial charge on any atom is 0.343 e. The predicted molar refractivity (Wildman–Crippen MR) is 112 cm³/mol. The minimum absolute atomic E-state index is 0.308. The van der Waals surface area contributed by atoms with Crippen molar-refractivity contribution in [1.29, 1.82) is 0 Å². The van der Waals surface area contributed by atoms with Crippen LogP contribution in [0, 0.1) is 11.8 Å². The maximum atomic E-state index is 12.3. The first-order valence-electron chi connectivity index (χ1n) is 10.0. The first kappa shape index (κ1) is 22.1. The number of hydrogen-bond donors (Lipinski definition) is 1. The molecule has 0 saturated heterocycles. The Labute approximate surface area is 180 Å². The van der Waals surface area contributed by atoms with Gasteiger partial charge < -0.3 is 19.3 Å². The number of ether oxygens (including phenoxy) is 3. The quantitative estimate of drug-likeness (QED) is 0.393. The number of carbonyl (C=O) groups excluding carboxylic acids is 2. The van der Waals surface area contributed by atoms with E-state index in [-0.39, 0.29) is 17.8 Å². The van der Waals surface area contributed by atoms with Crippen molar-refractivity contribution in [3.63, 3.8) is 0 Å². The largest absolute Gasteiger partial charge is 0.481 e. The lowest BCUT2D eigenvalue weighted by atomic mass is 9.82. The molecule has 1 aliphatic rings. The molecule has 0 heterocycles. The zero-order valence-electron chi connectivity index (χ0n) is 17.2. The highest BCUT2D eigenvalue weighted by Gasteiger charge is 2.30. The summed E-state index contributed by atoms with van der Waals surface area (Å²) in [6, 6.07) is 12.7. The minimum Gasteiger partial charge on any atom is -0.481 e. The first-order valence-corrected chi connectivity index (χ1v) is 10.0. The van der Waals surface area contributed by atoms with Crippen LogP contribution in [0.5, 0.6) is 17.2 Å². The second-order valence-corrected chi connectivity index (χ2v) is 7.50. The van der Waals surface area contributed by atoms with Gasteiger partial charge in [-0.15, -0.1) is 0 Å². The molecule has 0 radical (unpaired) electrons. The number of esters is 2. The number of benzene rings is 2. The number of allylic oxidation sites excluding steroid dienone is 1. The molecular formula is C24H24O7. The van der Waals surface area contributed by atoms with Gasteiger partial charge in [-0.1, -0.05) is 6.58 Å². The van der Waals surface area contributed by atoms with Crippen molar-refractivity contribution in [2.45, 2.75) is 32.6 Å². The molecule has 31 heavy (non-hydrogen) atoms. The molecule has 0 spiro atoms. The third-order valence-electron chi connectivity index (χ3n) is 5.04. The summed E-state index contributed by atoms with van der Waals surface area (Å²) in [7, 11) is 0. The van der Waals surface area contributed by atoms with Crippen LogP contribution in [0.4, 0.5) is 0 Å². The van der Waals surface area contributed by atoms with Crippen molar-refractivity contribution in [1.82, 2.24) is 0 Å². The van der Waals surface area contributed by atoms with Gasteiger partial charge in [-0.05, 0) is 81.1 Å². The Morgan fingerprint density at radius 2 is 1.23 bits per heavy atom. The molecule has 7 heteroatoms. The van der Waals surface area contributed by atoms with E-state index < -0.39 is 11.9 Å². The number of aliphatic carboxylic acids is 1. The molecule has 2 aromatic carbocycles. The van der Waals surface area contributed by atoms with Gasteiger partial charge in [0, 0.05) is 0 Å². The van der Waals surface area contributed by atoms with Crippen molar-refractivity contribution in [2.75, 3.05) is 0 Å². The van der Waals surface area contributed by atoms with E-state index in [0.29, 0.717) is 54.3 Å². The highest BCUT2D eigenvalue weighted by atomic mass is 16.5. The standard InChI is InChI=1S/C24H24O7/c1-15(2)29-19-11-13-21(14-12-19)31-24(28)18-7-9-20(10-8-18)30-23(27)17-5-3-16(4-6-17)22(25)26/h7-14,16-17H,1,3-6H2,2H3,(H,25,26). The van der Waals surface area contributed by atoms with E-state index in [0.717, 1.165) is 0 Å². The summed E-state index contributed by atoms with van der Waals surface area (Å²) in [5, 5.41) is 9.04. The van der Waals surface area contributed by atoms with Crippen molar-refractivity contribution in [3.05, 3.63) is 66.4 Å². The molecular weight excluding hydrogens is 400 g/mol. The fourth-order valence-corrected chi connectivity index (χ4v) is 3.38. The smallest absolute Gasteiger partial charge is 0.343 e. The number of hydrogen-bond acceptors (Lipinski definition) is 6. The fourth-order valence-electron chi connectivity index (χ4n) is 3.38. The van der Waals surface area contributed by atoms with Crippen molar-refractivity contribution >= 4 is 17.9 Å². The van der Waals surface area contributed by atoms with Crippen LogP contribution in [0.1, 0.15) is 43.0 Å². The molecule has 0 atom stereocenters. The van der Waals surface area contributed by atoms with Crippen LogP contribution in [0.25, 0.3) is 0 Å². The van der Waals surface area contributed by atoms with Crippen molar-refractivity contribution in [2.24, 2.45) is 11.8 Å². The average molecular weight is 424 g/mol. The Bertz CT molecular complexity index is 952. The second-order valence-electron chi connectivity index (χ2n) is 7.50. The van der Waals surface area contributed by atoms with Gasteiger partial charge in [0.05, 0.1) is 23.2 Å². The van der Waals surface area contributed by atoms with E-state index in [9.17, 15) is 14.4 Å². The van der Waals surface area contributed by atoms with Crippen molar-refractivity contribution < 1.29 is 33.7 Å². The summed E-state index contributed by atoms with van der Waals surface area (Å²) < 4.78 is 16.1. The van der Waals surface area contributed by atoms with E-state index in [1.807, 2.05) is 0 Å². The van der Waals surface area contributed by atoms with Crippen LogP contribution >= 0.6 is 0 Å². The molecule has 1 fully saturated rings. The van der Waals surface area contributed by atoms with Crippen LogP contribution in [0.15, 0.2) is 60.9 Å². The predicted octanol–water partition coefficient (Wildman–Crippen LogP) is 4.61. The van der Waals surface area contributed by atoms with Crippen LogP contribution in [0.3, 0.4) is 0 Å². The first-order chi connectivity index (χ1) is 14.8. The lowest BCUT2D eigenvalue weighted by Crippen LogP contribution is -2.28. The van der Waals surface area contributed by atoms with Gasteiger partial charge in [-0.25, -0.2) is 4.79 Å². The second kappa shape index (κ2) is 9.93. The molecule has 3 rings (SSSR count). The Kier molecular flexibility index (Phi) is 7.07. The van der Waals surface area contributed by atoms with Gasteiger partial charge in [0.15, 0.2) is 0 Å². The normalized spacial score (nSPS) is 18.0. The lowest BCUT2D eigenvalue weighted by Gasteiger charge is -2.24. The Balaban J connectivity index is 1.52. The molecule has 1 saturated carbocycles. The van der Waals surface area contributed by atoms with Crippen LogP contribution in [0.2, 0.25) is 0 Å². The molecule has 0 amide bonds. The lowest BCUT2D eigenvalue weighted by molar-refractivity contribution is -0.146. The summed E-state index contributed by atoms with van der Waals surface area (Å²) in [6.45, 7) is 5.40. The molecule has 1 N–H and O–H groups in total. The van der Waals surface area contributed by atoms with Crippen LogP contribution in [-0.4, -0.2) is 23.0 Å². The summed E-state index contributed by atoms with van der Waals surface area (Å²) in [6.07, 6.45) is 1.94. The van der Waals surface area contributed by atoms with E-state index in [1.165, 1.54) is 24.3 Å². The topological polar surface area (TPSA) is 99.1 Å². The summed E-state index contributed by atoms with van der Waals surface area (Å²) in [4.78, 5) is 35.7. The van der Waals surface area contributed by atoms with E-state index in [2.05, 4.69) is 6.58 Å². The third-order valence-corrected chi connectivity index (χ3v) is 5.04. The van der Waals surface area contributed by atoms with Crippen molar-refractivity contribution in [3.8, 4) is 17.2 Å².